The Morgan fingerprint density at radius 1 is 1.07 bits per heavy atom. The van der Waals surface area contributed by atoms with Crippen LogP contribution in [0.1, 0.15) is 31.4 Å². The van der Waals surface area contributed by atoms with Gasteiger partial charge in [0.15, 0.2) is 6.29 Å². The number of hydrogen-bond acceptors (Lipinski definition) is 5. The van der Waals surface area contributed by atoms with Gasteiger partial charge in [-0.25, -0.2) is 0 Å². The first-order chi connectivity index (χ1) is 13.3. The molecule has 0 aliphatic carbocycles. The molecule has 3 rings (SSSR count). The Morgan fingerprint density at radius 2 is 1.54 bits per heavy atom. The zero-order valence-electron chi connectivity index (χ0n) is 16.3. The minimum absolute atomic E-state index is 0.377. The summed E-state index contributed by atoms with van der Waals surface area (Å²) in [5.74, 6) is 0. The van der Waals surface area contributed by atoms with E-state index in [2.05, 4.69) is 24.3 Å². The van der Waals surface area contributed by atoms with Crippen molar-refractivity contribution in [3.8, 4) is 0 Å². The normalized spacial score (nSPS) is 18.5. The van der Waals surface area contributed by atoms with E-state index < -0.39 is 34.7 Å². The van der Waals surface area contributed by atoms with E-state index in [9.17, 15) is 15.2 Å². The van der Waals surface area contributed by atoms with E-state index in [-0.39, 0.29) is 0 Å². The molecule has 0 radical (unpaired) electrons. The number of ether oxygens (including phenoxy) is 2. The van der Waals surface area contributed by atoms with Crippen molar-refractivity contribution in [2.75, 3.05) is 19.8 Å². The molecule has 1 aliphatic heterocycles. The van der Waals surface area contributed by atoms with Gasteiger partial charge in [-0.05, 0) is 11.1 Å². The topological polar surface area (TPSA) is 81.8 Å². The lowest BCUT2D eigenvalue weighted by atomic mass is 9.75. The van der Waals surface area contributed by atoms with Gasteiger partial charge in [-0.1, -0.05) is 74.5 Å². The molecule has 6 nitrogen and oxygen atoms in total. The molecule has 28 heavy (non-hydrogen) atoms. The van der Waals surface area contributed by atoms with Crippen LogP contribution in [0, 0.1) is 15.5 Å². The minimum Gasteiger partial charge on any atom is -0.386 e. The Hall–Kier alpha value is -2.28. The molecule has 0 bridgehead atoms. The van der Waals surface area contributed by atoms with Crippen molar-refractivity contribution < 1.29 is 19.5 Å². The smallest absolute Gasteiger partial charge is 0.229 e. The van der Waals surface area contributed by atoms with Crippen LogP contribution in [0.15, 0.2) is 60.7 Å². The fraction of sp³-hybridized carbons (Fsp3) is 0.455. The average Bonchev–Trinajstić information content (AvgIpc) is 2.69. The van der Waals surface area contributed by atoms with E-state index in [0.717, 1.165) is 11.1 Å². The quantitative estimate of drug-likeness (QED) is 0.583. The van der Waals surface area contributed by atoms with Crippen LogP contribution in [-0.4, -0.2) is 42.2 Å². The summed E-state index contributed by atoms with van der Waals surface area (Å²) in [5.41, 5.74) is 1.12. The highest BCUT2D eigenvalue weighted by Crippen LogP contribution is 2.39. The number of nitrogens with zero attached hydrogens (tertiary/aromatic N) is 1. The number of aliphatic hydroxyl groups is 1. The van der Waals surface area contributed by atoms with Crippen molar-refractivity contribution in [3.63, 3.8) is 0 Å². The molecule has 2 aromatic rings. The minimum atomic E-state index is -1.07. The Labute approximate surface area is 165 Å². The lowest BCUT2D eigenvalue weighted by Gasteiger charge is -2.43. The van der Waals surface area contributed by atoms with Crippen LogP contribution >= 0.6 is 0 Å². The highest BCUT2D eigenvalue weighted by Gasteiger charge is 2.43. The van der Waals surface area contributed by atoms with E-state index in [1.54, 1.807) is 13.8 Å². The van der Waals surface area contributed by atoms with Crippen LogP contribution in [0.3, 0.4) is 0 Å². The standard InChI is InChI=1S/C22H27NO5/c1-21(2,19(24)14-23(25)26)13-20-27-15-22(16-28-20,17-9-5-3-6-10-17)18-11-7-4-8-12-18/h3-12,19-20,24H,13-16H2,1-2H3. The predicted octanol–water partition coefficient (Wildman–Crippen LogP) is 3.40. The SMILES string of the molecule is CC(C)(CC1OCC(c2ccccc2)(c2ccccc2)CO1)C(O)C[N+](=O)[O-]. The van der Waals surface area contributed by atoms with Crippen molar-refractivity contribution in [3.05, 3.63) is 81.9 Å². The lowest BCUT2D eigenvalue weighted by molar-refractivity contribution is -0.494. The largest absolute Gasteiger partial charge is 0.386 e. The highest BCUT2D eigenvalue weighted by atomic mass is 16.7. The van der Waals surface area contributed by atoms with Gasteiger partial charge >= 0.3 is 0 Å². The molecule has 0 saturated carbocycles. The number of nitro groups is 1. The Bertz CT molecular complexity index is 729. The Morgan fingerprint density at radius 3 is 1.96 bits per heavy atom. The molecule has 150 valence electrons. The van der Waals surface area contributed by atoms with Crippen LogP contribution in [0.2, 0.25) is 0 Å². The molecule has 1 fully saturated rings. The summed E-state index contributed by atoms with van der Waals surface area (Å²) in [6.45, 7) is 3.98. The fourth-order valence-electron chi connectivity index (χ4n) is 3.65. The van der Waals surface area contributed by atoms with Crippen molar-refractivity contribution in [1.82, 2.24) is 0 Å². The third kappa shape index (κ3) is 4.41. The Kier molecular flexibility index (Phi) is 6.13. The molecule has 1 unspecified atom stereocenters. The first-order valence-corrected chi connectivity index (χ1v) is 9.48. The van der Waals surface area contributed by atoms with Crippen molar-refractivity contribution in [2.45, 2.75) is 38.1 Å². The summed E-state index contributed by atoms with van der Waals surface area (Å²) in [5, 5.41) is 20.9. The maximum Gasteiger partial charge on any atom is 0.229 e. The second-order valence-corrected chi connectivity index (χ2v) is 8.09. The van der Waals surface area contributed by atoms with Gasteiger partial charge in [0, 0.05) is 16.8 Å². The first-order valence-electron chi connectivity index (χ1n) is 9.48. The molecule has 1 aliphatic rings. The fourth-order valence-corrected chi connectivity index (χ4v) is 3.65. The predicted molar refractivity (Wildman–Crippen MR) is 106 cm³/mol. The van der Waals surface area contributed by atoms with Gasteiger partial charge < -0.3 is 14.6 Å². The maximum atomic E-state index is 10.7. The Balaban J connectivity index is 1.76. The third-order valence-corrected chi connectivity index (χ3v) is 5.60. The van der Waals surface area contributed by atoms with Crippen LogP contribution < -0.4 is 0 Å². The van der Waals surface area contributed by atoms with Gasteiger partial charge in [0.2, 0.25) is 6.54 Å². The number of rotatable bonds is 7. The number of aliphatic hydroxyl groups excluding tert-OH is 1. The molecular formula is C22H27NO5. The number of benzene rings is 2. The average molecular weight is 385 g/mol. The van der Waals surface area contributed by atoms with E-state index in [1.807, 2.05) is 36.4 Å². The van der Waals surface area contributed by atoms with Crippen molar-refractivity contribution in [2.24, 2.45) is 5.41 Å². The lowest BCUT2D eigenvalue weighted by Crippen LogP contribution is -2.48. The first kappa shape index (κ1) is 20.5. The van der Waals surface area contributed by atoms with Crippen LogP contribution in [-0.2, 0) is 14.9 Å². The highest BCUT2D eigenvalue weighted by molar-refractivity contribution is 5.40. The van der Waals surface area contributed by atoms with Gasteiger partial charge in [0.25, 0.3) is 0 Å². The molecule has 1 heterocycles. The van der Waals surface area contributed by atoms with Crippen LogP contribution in [0.4, 0.5) is 0 Å². The second kappa shape index (κ2) is 8.39. The molecule has 0 aromatic heterocycles. The van der Waals surface area contributed by atoms with Crippen LogP contribution in [0.25, 0.3) is 0 Å². The summed E-state index contributed by atoms with van der Waals surface area (Å²) in [6, 6.07) is 20.3. The van der Waals surface area contributed by atoms with Gasteiger partial charge in [-0.2, -0.15) is 0 Å². The van der Waals surface area contributed by atoms with Crippen LogP contribution in [0.5, 0.6) is 0 Å². The maximum absolute atomic E-state index is 10.7. The van der Waals surface area contributed by atoms with Gasteiger partial charge in [-0.3, -0.25) is 10.1 Å². The second-order valence-electron chi connectivity index (χ2n) is 8.09. The summed E-state index contributed by atoms with van der Waals surface area (Å²) in [6.07, 6.45) is -1.21. The molecule has 0 spiro atoms. The summed E-state index contributed by atoms with van der Waals surface area (Å²) < 4.78 is 12.2. The molecule has 1 saturated heterocycles. The molecule has 1 atom stereocenters. The summed E-state index contributed by atoms with van der Waals surface area (Å²) in [4.78, 5) is 10.2. The molecule has 2 aromatic carbocycles. The summed E-state index contributed by atoms with van der Waals surface area (Å²) in [7, 11) is 0. The van der Waals surface area contributed by atoms with E-state index in [1.165, 1.54) is 0 Å². The number of hydrogen-bond donors (Lipinski definition) is 1. The zero-order valence-corrected chi connectivity index (χ0v) is 16.3. The molecule has 0 amide bonds. The van der Waals surface area contributed by atoms with Crippen molar-refractivity contribution >= 4 is 0 Å². The van der Waals surface area contributed by atoms with Gasteiger partial charge in [0.1, 0.15) is 6.10 Å². The monoisotopic (exact) mass is 385 g/mol. The van der Waals surface area contributed by atoms with Gasteiger partial charge in [-0.15, -0.1) is 0 Å². The molecular weight excluding hydrogens is 358 g/mol. The summed E-state index contributed by atoms with van der Waals surface area (Å²) >= 11 is 0. The third-order valence-electron chi connectivity index (χ3n) is 5.60. The van der Waals surface area contributed by atoms with E-state index in [4.69, 9.17) is 9.47 Å². The molecule has 6 heteroatoms. The zero-order chi connectivity index (χ0) is 20.2. The van der Waals surface area contributed by atoms with Gasteiger partial charge in [0.05, 0.1) is 18.6 Å². The van der Waals surface area contributed by atoms with E-state index >= 15 is 0 Å². The molecule has 1 N–H and O–H groups in total. The van der Waals surface area contributed by atoms with E-state index in [0.29, 0.717) is 19.6 Å². The van der Waals surface area contributed by atoms with Crippen molar-refractivity contribution in [1.29, 1.82) is 0 Å².